The Bertz CT molecular complexity index is 1960. The molecule has 3 aromatic carbocycles. The first kappa shape index (κ1) is 27.9. The number of rotatable bonds is 8. The van der Waals surface area contributed by atoms with Crippen molar-refractivity contribution in [2.75, 3.05) is 6.54 Å². The number of furan rings is 1. The van der Waals surface area contributed by atoms with Crippen LogP contribution in [0.5, 0.6) is 0 Å². The van der Waals surface area contributed by atoms with Crippen LogP contribution in [-0.2, 0) is 11.2 Å². The second-order valence-electron chi connectivity index (χ2n) is 9.47. The lowest BCUT2D eigenvalue weighted by molar-refractivity contribution is -0.385. The monoisotopic (exact) mass is 613 g/mol. The number of thioether (sulfide) groups is 1. The van der Waals surface area contributed by atoms with Gasteiger partial charge in [0.1, 0.15) is 11.5 Å². The molecular weight excluding hydrogens is 594 g/mol. The van der Waals surface area contributed by atoms with Gasteiger partial charge in [0.25, 0.3) is 17.3 Å². The molecule has 1 saturated heterocycles. The van der Waals surface area contributed by atoms with Crippen molar-refractivity contribution in [1.82, 2.24) is 9.88 Å². The van der Waals surface area contributed by atoms with Crippen LogP contribution in [0, 0.1) is 20.2 Å². The molecule has 0 aliphatic carbocycles. The zero-order valence-corrected chi connectivity index (χ0v) is 23.7. The summed E-state index contributed by atoms with van der Waals surface area (Å²) in [5, 5.41) is 24.1. The van der Waals surface area contributed by atoms with Gasteiger partial charge < -0.3 is 9.40 Å². The summed E-state index contributed by atoms with van der Waals surface area (Å²) in [7, 11) is 0. The van der Waals surface area contributed by atoms with Gasteiger partial charge in [-0.15, -0.1) is 0 Å². The molecule has 0 saturated carbocycles. The summed E-state index contributed by atoms with van der Waals surface area (Å²) in [6, 6.07) is 21.0. The third-order valence-corrected chi connectivity index (χ3v) is 8.12. The van der Waals surface area contributed by atoms with Crippen molar-refractivity contribution < 1.29 is 19.1 Å². The Hall–Kier alpha value is -5.20. The van der Waals surface area contributed by atoms with E-state index in [0.717, 1.165) is 28.2 Å². The van der Waals surface area contributed by atoms with E-state index in [4.69, 9.17) is 16.0 Å². The zero-order valence-electron chi connectivity index (χ0n) is 22.1. The molecule has 1 N–H and O–H groups in total. The van der Waals surface area contributed by atoms with E-state index in [2.05, 4.69) is 9.98 Å². The highest BCUT2D eigenvalue weighted by atomic mass is 35.5. The maximum absolute atomic E-state index is 13.6. The predicted octanol–water partition coefficient (Wildman–Crippen LogP) is 7.74. The van der Waals surface area contributed by atoms with Gasteiger partial charge in [-0.3, -0.25) is 29.9 Å². The van der Waals surface area contributed by atoms with Crippen molar-refractivity contribution in [2.24, 2.45) is 4.99 Å². The summed E-state index contributed by atoms with van der Waals surface area (Å²) in [5.74, 6) is 0.380. The van der Waals surface area contributed by atoms with Crippen LogP contribution in [-0.4, -0.2) is 37.4 Å². The van der Waals surface area contributed by atoms with Crippen LogP contribution in [0.3, 0.4) is 0 Å². The number of para-hydroxylation sites is 1. The molecule has 1 aliphatic heterocycles. The van der Waals surface area contributed by atoms with E-state index in [1.165, 1.54) is 42.5 Å². The van der Waals surface area contributed by atoms with Crippen LogP contribution in [0.25, 0.3) is 28.3 Å². The number of nitro groups is 2. The van der Waals surface area contributed by atoms with E-state index in [-0.39, 0.29) is 22.3 Å². The van der Waals surface area contributed by atoms with Crippen molar-refractivity contribution in [3.63, 3.8) is 0 Å². The zero-order chi connectivity index (χ0) is 30.1. The number of nitrogens with zero attached hydrogens (tertiary/aromatic N) is 4. The fourth-order valence-corrected chi connectivity index (χ4v) is 5.85. The van der Waals surface area contributed by atoms with Gasteiger partial charge in [-0.2, -0.15) is 0 Å². The van der Waals surface area contributed by atoms with Crippen LogP contribution >= 0.6 is 23.4 Å². The number of H-pyrrole nitrogens is 1. The molecule has 2 aromatic heterocycles. The minimum absolute atomic E-state index is 0.0617. The van der Waals surface area contributed by atoms with Gasteiger partial charge in [0.2, 0.25) is 0 Å². The average molecular weight is 614 g/mol. The molecule has 1 aliphatic rings. The van der Waals surface area contributed by atoms with E-state index in [1.807, 2.05) is 30.5 Å². The van der Waals surface area contributed by atoms with Crippen molar-refractivity contribution in [2.45, 2.75) is 6.42 Å². The normalized spacial score (nSPS) is 15.2. The second-order valence-corrected chi connectivity index (χ2v) is 10.9. The number of nitro benzene ring substituents is 2. The predicted molar refractivity (Wildman–Crippen MR) is 165 cm³/mol. The summed E-state index contributed by atoms with van der Waals surface area (Å²) in [5.41, 5.74) is 2.66. The number of amides is 1. The van der Waals surface area contributed by atoms with Gasteiger partial charge >= 0.3 is 0 Å². The van der Waals surface area contributed by atoms with Crippen LogP contribution in [0.1, 0.15) is 11.3 Å². The molecular formula is C30H20ClN5O6S. The number of aliphatic imine (C=N–C) groups is 1. The first-order chi connectivity index (χ1) is 20.8. The third-order valence-electron chi connectivity index (χ3n) is 6.78. The molecule has 1 amide bonds. The Labute approximate surface area is 252 Å². The average Bonchev–Trinajstić information content (AvgIpc) is 3.71. The first-order valence-corrected chi connectivity index (χ1v) is 14.1. The molecule has 214 valence electrons. The lowest BCUT2D eigenvalue weighted by Crippen LogP contribution is -2.31. The van der Waals surface area contributed by atoms with E-state index in [9.17, 15) is 25.0 Å². The molecule has 5 aromatic rings. The number of halogens is 1. The number of benzene rings is 3. The highest BCUT2D eigenvalue weighted by Crippen LogP contribution is 2.37. The topological polar surface area (TPSA) is 148 Å². The van der Waals surface area contributed by atoms with Gasteiger partial charge in [-0.1, -0.05) is 29.8 Å². The number of hydrogen-bond acceptors (Lipinski definition) is 8. The number of aromatic nitrogens is 1. The van der Waals surface area contributed by atoms with Crippen LogP contribution in [0.2, 0.25) is 5.02 Å². The molecule has 6 rings (SSSR count). The molecule has 1 fully saturated rings. The molecule has 43 heavy (non-hydrogen) atoms. The summed E-state index contributed by atoms with van der Waals surface area (Å²) in [6.07, 6.45) is 4.06. The van der Waals surface area contributed by atoms with Gasteiger partial charge in [0, 0.05) is 59.5 Å². The Morgan fingerprint density at radius 3 is 2.49 bits per heavy atom. The molecule has 0 spiro atoms. The second kappa shape index (κ2) is 11.6. The van der Waals surface area contributed by atoms with Crippen LogP contribution in [0.4, 0.5) is 17.1 Å². The number of non-ortho nitro benzene ring substituents is 2. The fourth-order valence-electron chi connectivity index (χ4n) is 4.64. The number of carbonyl (C=O) groups excluding carboxylic acids is 1. The van der Waals surface area contributed by atoms with E-state index in [0.29, 0.717) is 45.8 Å². The SMILES string of the molecule is O=C1/C(=C/c2ccc(-c3cc([N+](=O)[O-])ccc3Cl)o2)SC(=Nc2ccc([N+](=O)[O-])cc2)N1CCc1c[nH]c2ccccc12. The summed E-state index contributed by atoms with van der Waals surface area (Å²) in [6.45, 7) is 0.337. The lowest BCUT2D eigenvalue weighted by Gasteiger charge is -2.15. The van der Waals surface area contributed by atoms with Crippen molar-refractivity contribution in [3.8, 4) is 11.3 Å². The maximum Gasteiger partial charge on any atom is 0.270 e. The van der Waals surface area contributed by atoms with Crippen molar-refractivity contribution >= 4 is 68.5 Å². The number of amidine groups is 1. The van der Waals surface area contributed by atoms with E-state index >= 15 is 0 Å². The Morgan fingerprint density at radius 1 is 0.977 bits per heavy atom. The van der Waals surface area contributed by atoms with Gasteiger partial charge in [-0.05, 0) is 60.1 Å². The standard InChI is InChI=1S/C30H20ClN5O6S/c31-25-11-9-21(36(40)41)15-24(25)27-12-10-22(42-27)16-28-29(37)34(14-13-18-17-32-26-4-2-1-3-23(18)26)30(43-28)33-19-5-7-20(8-6-19)35(38)39/h1-12,15-17,32H,13-14H2/b28-16-,33-30?. The third kappa shape index (κ3) is 5.78. The van der Waals surface area contributed by atoms with E-state index < -0.39 is 9.85 Å². The molecule has 11 nitrogen and oxygen atoms in total. The Morgan fingerprint density at radius 2 is 1.72 bits per heavy atom. The minimum Gasteiger partial charge on any atom is -0.457 e. The molecule has 13 heteroatoms. The number of hydrogen-bond donors (Lipinski definition) is 1. The number of carbonyl (C=O) groups is 1. The van der Waals surface area contributed by atoms with Gasteiger partial charge in [0.15, 0.2) is 5.17 Å². The number of aromatic amines is 1. The highest BCUT2D eigenvalue weighted by molar-refractivity contribution is 8.18. The van der Waals surface area contributed by atoms with Crippen LogP contribution < -0.4 is 0 Å². The highest BCUT2D eigenvalue weighted by Gasteiger charge is 2.34. The van der Waals surface area contributed by atoms with Gasteiger partial charge in [-0.25, -0.2) is 4.99 Å². The van der Waals surface area contributed by atoms with Crippen molar-refractivity contribution in [3.05, 3.63) is 127 Å². The quantitative estimate of drug-likeness (QED) is 0.107. The number of nitrogens with one attached hydrogen (secondary N) is 1. The Balaban J connectivity index is 1.31. The van der Waals surface area contributed by atoms with Gasteiger partial charge in [0.05, 0.1) is 25.5 Å². The first-order valence-electron chi connectivity index (χ1n) is 12.9. The minimum atomic E-state index is -0.518. The molecule has 0 bridgehead atoms. The maximum atomic E-state index is 13.6. The molecule has 0 radical (unpaired) electrons. The smallest absolute Gasteiger partial charge is 0.270 e. The fraction of sp³-hybridized carbons (Fsp3) is 0.0667. The van der Waals surface area contributed by atoms with Crippen LogP contribution in [0.15, 0.2) is 99.4 Å². The molecule has 0 unspecified atom stereocenters. The lowest BCUT2D eigenvalue weighted by atomic mass is 10.1. The number of fused-ring (bicyclic) bond motifs is 1. The summed E-state index contributed by atoms with van der Waals surface area (Å²) >= 11 is 7.43. The molecule has 3 heterocycles. The summed E-state index contributed by atoms with van der Waals surface area (Å²) in [4.78, 5) is 44.8. The summed E-state index contributed by atoms with van der Waals surface area (Å²) < 4.78 is 5.91. The largest absolute Gasteiger partial charge is 0.457 e. The Kier molecular flexibility index (Phi) is 7.53. The van der Waals surface area contributed by atoms with E-state index in [1.54, 1.807) is 23.1 Å². The van der Waals surface area contributed by atoms with Crippen molar-refractivity contribution in [1.29, 1.82) is 0 Å². The molecule has 0 atom stereocenters.